The van der Waals surface area contributed by atoms with Gasteiger partial charge in [0.2, 0.25) is 23.6 Å². The number of aromatic hydroxyl groups is 1. The lowest BCUT2D eigenvalue weighted by molar-refractivity contribution is -0.141. The second kappa shape index (κ2) is 12.1. The van der Waals surface area contributed by atoms with Crippen LogP contribution in [0.5, 0.6) is 5.88 Å². The summed E-state index contributed by atoms with van der Waals surface area (Å²) in [6.07, 6.45) is -0.180. The fraction of sp³-hybridized carbons (Fsp3) is 0.556. The molecule has 0 unspecified atom stereocenters. The first-order chi connectivity index (χ1) is 15.3. The molecule has 0 fully saturated rings. The molecule has 1 aromatic heterocycles. The first kappa shape index (κ1) is 27.0. The highest BCUT2D eigenvalue weighted by Gasteiger charge is 2.29. The Morgan fingerprint density at radius 2 is 1.79 bits per heavy atom. The van der Waals surface area contributed by atoms with E-state index in [2.05, 4.69) is 20.6 Å². The van der Waals surface area contributed by atoms with Gasteiger partial charge >= 0.3 is 11.7 Å². The second-order valence-corrected chi connectivity index (χ2v) is 7.58. The van der Waals surface area contributed by atoms with Gasteiger partial charge in [-0.1, -0.05) is 13.8 Å². The Balaban J connectivity index is 2.90. The fourth-order valence-electron chi connectivity index (χ4n) is 2.88. The minimum Gasteiger partial charge on any atom is -0.493 e. The van der Waals surface area contributed by atoms with Gasteiger partial charge in [-0.2, -0.15) is 0 Å². The number of carboxylic acids is 1. The van der Waals surface area contributed by atoms with Gasteiger partial charge in [-0.3, -0.25) is 28.7 Å². The maximum Gasteiger partial charge on any atom is 0.329 e. The van der Waals surface area contributed by atoms with Crippen LogP contribution in [0.15, 0.2) is 9.79 Å². The minimum absolute atomic E-state index is 0.0996. The number of imidazole rings is 1. The molecule has 1 aromatic rings. The number of primary amides is 1. The number of aromatic nitrogens is 2. The van der Waals surface area contributed by atoms with E-state index in [-0.39, 0.29) is 30.5 Å². The van der Waals surface area contributed by atoms with Crippen molar-refractivity contribution in [2.75, 3.05) is 6.54 Å². The number of rotatable bonds is 13. The Kier molecular flexibility index (Phi) is 9.91. The number of amides is 3. The van der Waals surface area contributed by atoms with E-state index in [1.54, 1.807) is 13.8 Å². The molecule has 3 amide bonds. The molecule has 2 atom stereocenters. The number of carbonyl (C=O) groups excluding carboxylic acids is 3. The van der Waals surface area contributed by atoms with Crippen LogP contribution < -0.4 is 33.5 Å². The van der Waals surface area contributed by atoms with Crippen LogP contribution in [-0.4, -0.2) is 68.0 Å². The fourth-order valence-corrected chi connectivity index (χ4v) is 2.88. The number of guanidine groups is 1. The standard InChI is InChI=1S/C18H30N8O7/c1-8(2)13(14(19)30)25-15(31)10(6-12(28)29)23-11(27)7-26-16(32)9(24-18(26)33)4-3-5-22-17(20)21/h8,10,13,32H,3-7H2,1-2H3,(H2,19,30)(H,23,27)(H,24,33)(H,25,31)(H,28,29)(H4,20,21,22)/t10-,13-/m0/s1. The molecular formula is C18H30N8O7. The van der Waals surface area contributed by atoms with E-state index in [4.69, 9.17) is 22.3 Å². The summed E-state index contributed by atoms with van der Waals surface area (Å²) in [5.41, 5.74) is 15.0. The van der Waals surface area contributed by atoms with Crippen LogP contribution in [0.4, 0.5) is 0 Å². The summed E-state index contributed by atoms with van der Waals surface area (Å²) < 4.78 is 0.724. The summed E-state index contributed by atoms with van der Waals surface area (Å²) in [5.74, 6) is -5.04. The van der Waals surface area contributed by atoms with Crippen molar-refractivity contribution in [3.05, 3.63) is 16.2 Å². The summed E-state index contributed by atoms with van der Waals surface area (Å²) in [6.45, 7) is 2.80. The van der Waals surface area contributed by atoms with E-state index >= 15 is 0 Å². The van der Waals surface area contributed by atoms with Crippen molar-refractivity contribution in [1.29, 1.82) is 0 Å². The van der Waals surface area contributed by atoms with Crippen molar-refractivity contribution in [2.45, 2.75) is 51.7 Å². The lowest BCUT2D eigenvalue weighted by Gasteiger charge is -2.23. The van der Waals surface area contributed by atoms with Crippen LogP contribution in [-0.2, 0) is 32.1 Å². The normalized spacial score (nSPS) is 12.6. The molecule has 0 saturated carbocycles. The average Bonchev–Trinajstić information content (AvgIpc) is 2.95. The number of aliphatic imine (C=N–C) groups is 1. The Hall–Kier alpha value is -4.04. The smallest absolute Gasteiger partial charge is 0.329 e. The molecule has 0 radical (unpaired) electrons. The van der Waals surface area contributed by atoms with E-state index in [9.17, 15) is 29.1 Å². The number of hydrogen-bond donors (Lipinski definition) is 8. The summed E-state index contributed by atoms with van der Waals surface area (Å²) in [5, 5.41) is 23.8. The molecule has 0 saturated heterocycles. The van der Waals surface area contributed by atoms with Crippen molar-refractivity contribution in [3.8, 4) is 5.88 Å². The van der Waals surface area contributed by atoms with Gasteiger partial charge in [0.15, 0.2) is 5.96 Å². The second-order valence-electron chi connectivity index (χ2n) is 7.58. The zero-order valence-electron chi connectivity index (χ0n) is 18.3. The molecule has 33 heavy (non-hydrogen) atoms. The predicted molar refractivity (Wildman–Crippen MR) is 116 cm³/mol. The number of hydrogen-bond acceptors (Lipinski definition) is 7. The number of nitrogens with zero attached hydrogens (tertiary/aromatic N) is 2. The average molecular weight is 470 g/mol. The topological polar surface area (TPSA) is 261 Å². The first-order valence-electron chi connectivity index (χ1n) is 10.00. The van der Waals surface area contributed by atoms with Gasteiger partial charge < -0.3 is 43.0 Å². The third-order valence-electron chi connectivity index (χ3n) is 4.51. The van der Waals surface area contributed by atoms with Crippen LogP contribution in [0.2, 0.25) is 0 Å². The summed E-state index contributed by atoms with van der Waals surface area (Å²) >= 11 is 0. The molecular weight excluding hydrogens is 440 g/mol. The van der Waals surface area contributed by atoms with E-state index in [0.29, 0.717) is 6.42 Å². The Morgan fingerprint density at radius 3 is 2.30 bits per heavy atom. The van der Waals surface area contributed by atoms with Gasteiger partial charge in [0.1, 0.15) is 18.6 Å². The van der Waals surface area contributed by atoms with E-state index in [0.717, 1.165) is 4.57 Å². The highest BCUT2D eigenvalue weighted by molar-refractivity contribution is 5.93. The van der Waals surface area contributed by atoms with E-state index in [1.807, 2.05) is 0 Å². The lowest BCUT2D eigenvalue weighted by Crippen LogP contribution is -2.55. The van der Waals surface area contributed by atoms with Crippen LogP contribution in [0.25, 0.3) is 0 Å². The summed E-state index contributed by atoms with van der Waals surface area (Å²) in [4.78, 5) is 65.8. The first-order valence-corrected chi connectivity index (χ1v) is 10.00. The number of carboxylic acid groups (broad SMARTS) is 1. The van der Waals surface area contributed by atoms with Crippen molar-refractivity contribution in [2.24, 2.45) is 28.1 Å². The van der Waals surface area contributed by atoms with E-state index < -0.39 is 60.3 Å². The molecule has 0 aliphatic heterocycles. The molecule has 1 heterocycles. The van der Waals surface area contributed by atoms with Gasteiger partial charge in [0.25, 0.3) is 0 Å². The van der Waals surface area contributed by atoms with Gasteiger partial charge in [0, 0.05) is 6.54 Å². The molecule has 0 aliphatic carbocycles. The highest BCUT2D eigenvalue weighted by Crippen LogP contribution is 2.14. The number of H-pyrrole nitrogens is 1. The zero-order chi connectivity index (χ0) is 25.3. The van der Waals surface area contributed by atoms with Crippen molar-refractivity contribution >= 4 is 29.7 Å². The highest BCUT2D eigenvalue weighted by atomic mass is 16.4. The molecule has 1 rings (SSSR count). The molecule has 0 bridgehead atoms. The third kappa shape index (κ3) is 8.54. The monoisotopic (exact) mass is 470 g/mol. The number of aliphatic carboxylic acids is 1. The largest absolute Gasteiger partial charge is 0.493 e. The molecule has 184 valence electrons. The molecule has 15 nitrogen and oxygen atoms in total. The zero-order valence-corrected chi connectivity index (χ0v) is 18.3. The quantitative estimate of drug-likeness (QED) is 0.0813. The maximum atomic E-state index is 12.5. The molecule has 0 aliphatic rings. The molecule has 0 aromatic carbocycles. The maximum absolute atomic E-state index is 12.5. The number of aromatic amines is 1. The summed E-state index contributed by atoms with van der Waals surface area (Å²) in [7, 11) is 0. The van der Waals surface area contributed by atoms with Crippen molar-refractivity contribution in [3.63, 3.8) is 0 Å². The van der Waals surface area contributed by atoms with Crippen LogP contribution >= 0.6 is 0 Å². The van der Waals surface area contributed by atoms with Gasteiger partial charge in [0.05, 0.1) is 12.1 Å². The van der Waals surface area contributed by atoms with Crippen molar-refractivity contribution in [1.82, 2.24) is 20.2 Å². The van der Waals surface area contributed by atoms with E-state index in [1.165, 1.54) is 0 Å². The van der Waals surface area contributed by atoms with Gasteiger partial charge in [-0.05, 0) is 18.8 Å². The number of nitrogens with two attached hydrogens (primary N) is 3. The van der Waals surface area contributed by atoms with Crippen LogP contribution in [0.3, 0.4) is 0 Å². The third-order valence-corrected chi connectivity index (χ3v) is 4.51. The Morgan fingerprint density at radius 1 is 1.15 bits per heavy atom. The number of carbonyl (C=O) groups is 4. The molecule has 0 spiro atoms. The minimum atomic E-state index is -1.55. The number of aryl methyl sites for hydroxylation is 1. The number of nitrogens with one attached hydrogen (secondary N) is 3. The van der Waals surface area contributed by atoms with Gasteiger partial charge in [-0.25, -0.2) is 4.79 Å². The Labute approximate surface area is 188 Å². The SMILES string of the molecule is CC(C)[C@H](NC(=O)[C@H](CC(=O)O)NC(=O)Cn1c(O)c(CCCN=C(N)N)[nH]c1=O)C(N)=O. The van der Waals surface area contributed by atoms with Crippen molar-refractivity contribution < 1.29 is 29.4 Å². The Bertz CT molecular complexity index is 961. The van der Waals surface area contributed by atoms with Crippen LogP contribution in [0, 0.1) is 5.92 Å². The van der Waals surface area contributed by atoms with Crippen LogP contribution in [0.1, 0.15) is 32.4 Å². The predicted octanol–water partition coefficient (Wildman–Crippen LogP) is -3.33. The molecule has 11 N–H and O–H groups in total. The lowest BCUT2D eigenvalue weighted by atomic mass is 10.0. The molecule has 15 heteroatoms. The summed E-state index contributed by atoms with van der Waals surface area (Å²) in [6, 6.07) is -2.63. The van der Waals surface area contributed by atoms with Gasteiger partial charge in [-0.15, -0.1) is 0 Å².